The van der Waals surface area contributed by atoms with Gasteiger partial charge in [-0.15, -0.1) is 0 Å². The minimum absolute atomic E-state index is 0.0572. The number of amides is 2. The monoisotopic (exact) mass is 624 g/mol. The van der Waals surface area contributed by atoms with Crippen molar-refractivity contribution < 1.29 is 27.7 Å². The van der Waals surface area contributed by atoms with Gasteiger partial charge in [0, 0.05) is 23.7 Å². The van der Waals surface area contributed by atoms with Crippen LogP contribution in [0.5, 0.6) is 5.75 Å². The van der Waals surface area contributed by atoms with Crippen molar-refractivity contribution in [2.75, 3.05) is 18.0 Å². The van der Waals surface area contributed by atoms with Crippen LogP contribution in [0.4, 0.5) is 11.4 Å². The van der Waals surface area contributed by atoms with Gasteiger partial charge in [0.1, 0.15) is 18.3 Å². The number of nitrogens with one attached hydrogen (secondary N) is 1. The fourth-order valence-electron chi connectivity index (χ4n) is 4.61. The van der Waals surface area contributed by atoms with Crippen LogP contribution in [0.15, 0.2) is 71.6 Å². The van der Waals surface area contributed by atoms with Gasteiger partial charge < -0.3 is 15.0 Å². The molecule has 44 heavy (non-hydrogen) atoms. The van der Waals surface area contributed by atoms with Crippen LogP contribution < -0.4 is 14.4 Å². The Kier molecular flexibility index (Phi) is 10.7. The number of aryl methyl sites for hydroxylation is 2. The maximum Gasteiger partial charge on any atom is 0.273 e. The number of nitro groups is 1. The Hall–Kier alpha value is -4.45. The molecule has 1 N–H and O–H groups in total. The number of ether oxygens (including phenoxy) is 1. The van der Waals surface area contributed by atoms with Crippen molar-refractivity contribution in [1.29, 1.82) is 0 Å². The van der Waals surface area contributed by atoms with E-state index in [2.05, 4.69) is 5.32 Å². The van der Waals surface area contributed by atoms with Crippen molar-refractivity contribution in [3.05, 3.63) is 93.5 Å². The second-order valence-electron chi connectivity index (χ2n) is 11.6. The highest BCUT2D eigenvalue weighted by Crippen LogP contribution is 2.29. The van der Waals surface area contributed by atoms with E-state index < -0.39 is 39.0 Å². The standard InChI is InChI=1S/C32H40N4O7S/c1-8-28(31(38)33-32(4,5)6)34(20-24-12-9-22(2)10-13-24)30(37)21-35(25-14-16-26(43-7)17-15-25)44(41,42)27-18-11-23(3)29(19-27)36(39)40/h9-19,28H,8,20-21H2,1-7H3,(H,33,38)/t28-/m1/s1. The van der Waals surface area contributed by atoms with Crippen LogP contribution in [-0.2, 0) is 26.2 Å². The summed E-state index contributed by atoms with van der Waals surface area (Å²) in [6.45, 7) is 10.1. The first-order valence-electron chi connectivity index (χ1n) is 14.2. The van der Waals surface area contributed by atoms with Crippen LogP contribution in [0.2, 0.25) is 0 Å². The van der Waals surface area contributed by atoms with Gasteiger partial charge in [-0.1, -0.05) is 42.8 Å². The Morgan fingerprint density at radius 3 is 2.14 bits per heavy atom. The average molecular weight is 625 g/mol. The third-order valence-electron chi connectivity index (χ3n) is 6.96. The van der Waals surface area contributed by atoms with E-state index in [1.54, 1.807) is 19.1 Å². The van der Waals surface area contributed by atoms with Crippen molar-refractivity contribution in [3.63, 3.8) is 0 Å². The topological polar surface area (TPSA) is 139 Å². The van der Waals surface area contributed by atoms with Gasteiger partial charge in [-0.25, -0.2) is 8.42 Å². The predicted octanol–water partition coefficient (Wildman–Crippen LogP) is 5.14. The number of anilines is 1. The lowest BCUT2D eigenvalue weighted by Gasteiger charge is -2.34. The number of benzene rings is 3. The lowest BCUT2D eigenvalue weighted by molar-refractivity contribution is -0.385. The zero-order chi connectivity index (χ0) is 32.8. The highest BCUT2D eigenvalue weighted by Gasteiger charge is 2.35. The molecule has 236 valence electrons. The molecule has 0 saturated heterocycles. The molecular formula is C32H40N4O7S. The first-order chi connectivity index (χ1) is 20.6. The van der Waals surface area contributed by atoms with E-state index in [0.29, 0.717) is 11.3 Å². The third-order valence-corrected chi connectivity index (χ3v) is 8.73. The van der Waals surface area contributed by atoms with E-state index in [4.69, 9.17) is 4.74 Å². The molecule has 0 aliphatic heterocycles. The molecule has 0 aliphatic carbocycles. The molecule has 0 bridgehead atoms. The average Bonchev–Trinajstić information content (AvgIpc) is 2.95. The zero-order valence-electron chi connectivity index (χ0n) is 26.2. The molecule has 12 heteroatoms. The Bertz CT molecular complexity index is 1600. The van der Waals surface area contributed by atoms with Gasteiger partial charge in [0.15, 0.2) is 0 Å². The lowest BCUT2D eigenvalue weighted by atomic mass is 10.1. The highest BCUT2D eigenvalue weighted by molar-refractivity contribution is 7.92. The van der Waals surface area contributed by atoms with E-state index in [0.717, 1.165) is 21.5 Å². The van der Waals surface area contributed by atoms with E-state index in [1.165, 1.54) is 43.2 Å². The maximum absolute atomic E-state index is 14.2. The number of nitro benzene ring substituents is 1. The quantitative estimate of drug-likeness (QED) is 0.218. The molecular weight excluding hydrogens is 584 g/mol. The molecule has 0 fully saturated rings. The Balaban J connectivity index is 2.13. The molecule has 1 atom stereocenters. The third kappa shape index (κ3) is 8.34. The van der Waals surface area contributed by atoms with Crippen molar-refractivity contribution >= 4 is 33.2 Å². The minimum Gasteiger partial charge on any atom is -0.497 e. The van der Waals surface area contributed by atoms with Crippen molar-refractivity contribution in [1.82, 2.24) is 10.2 Å². The van der Waals surface area contributed by atoms with E-state index >= 15 is 0 Å². The van der Waals surface area contributed by atoms with Crippen LogP contribution in [0, 0.1) is 24.0 Å². The summed E-state index contributed by atoms with van der Waals surface area (Å²) in [4.78, 5) is 39.7. The SMILES string of the molecule is CC[C@H](C(=O)NC(C)(C)C)N(Cc1ccc(C)cc1)C(=O)CN(c1ccc(OC)cc1)S(=O)(=O)c1ccc(C)c([N+](=O)[O-])c1. The Morgan fingerprint density at radius 2 is 1.61 bits per heavy atom. The molecule has 0 heterocycles. The summed E-state index contributed by atoms with van der Waals surface area (Å²) >= 11 is 0. The summed E-state index contributed by atoms with van der Waals surface area (Å²) in [7, 11) is -3.03. The van der Waals surface area contributed by atoms with Crippen LogP contribution in [0.25, 0.3) is 0 Å². The van der Waals surface area contributed by atoms with E-state index in [1.807, 2.05) is 52.0 Å². The zero-order valence-corrected chi connectivity index (χ0v) is 27.0. The van der Waals surface area contributed by atoms with Gasteiger partial charge in [-0.3, -0.25) is 24.0 Å². The van der Waals surface area contributed by atoms with Gasteiger partial charge in [0.2, 0.25) is 11.8 Å². The number of nitrogens with zero attached hydrogens (tertiary/aromatic N) is 3. The number of carbonyl (C=O) groups is 2. The molecule has 0 unspecified atom stereocenters. The summed E-state index contributed by atoms with van der Waals surface area (Å²) in [5, 5.41) is 14.6. The van der Waals surface area contributed by atoms with Crippen LogP contribution >= 0.6 is 0 Å². The Morgan fingerprint density at radius 1 is 1.00 bits per heavy atom. The predicted molar refractivity (Wildman–Crippen MR) is 169 cm³/mol. The molecule has 0 saturated carbocycles. The van der Waals surface area contributed by atoms with Crippen molar-refractivity contribution in [3.8, 4) is 5.75 Å². The summed E-state index contributed by atoms with van der Waals surface area (Å²) in [5.41, 5.74) is 1.29. The minimum atomic E-state index is -4.49. The molecule has 3 aromatic carbocycles. The highest BCUT2D eigenvalue weighted by atomic mass is 32.2. The largest absolute Gasteiger partial charge is 0.497 e. The van der Waals surface area contributed by atoms with E-state index in [9.17, 15) is 28.1 Å². The van der Waals surface area contributed by atoms with E-state index in [-0.39, 0.29) is 35.1 Å². The molecule has 0 radical (unpaired) electrons. The molecule has 0 aliphatic rings. The van der Waals surface area contributed by atoms with Gasteiger partial charge >= 0.3 is 0 Å². The van der Waals surface area contributed by atoms with Gasteiger partial charge in [-0.2, -0.15) is 0 Å². The first kappa shape index (κ1) is 34.0. The number of sulfonamides is 1. The normalized spacial score (nSPS) is 12.2. The Labute approximate surface area is 259 Å². The van der Waals surface area contributed by atoms with Crippen LogP contribution in [0.3, 0.4) is 0 Å². The summed E-state index contributed by atoms with van der Waals surface area (Å²) in [5.74, 6) is -0.523. The lowest BCUT2D eigenvalue weighted by Crippen LogP contribution is -2.55. The summed E-state index contributed by atoms with van der Waals surface area (Å²) in [6.07, 6.45) is 0.277. The van der Waals surface area contributed by atoms with Crippen molar-refractivity contribution in [2.45, 2.75) is 71.0 Å². The number of carbonyl (C=O) groups excluding carboxylic acids is 2. The molecule has 0 aromatic heterocycles. The number of rotatable bonds is 12. The smallest absolute Gasteiger partial charge is 0.273 e. The second-order valence-corrected chi connectivity index (χ2v) is 13.4. The maximum atomic E-state index is 14.2. The molecule has 11 nitrogen and oxygen atoms in total. The number of methoxy groups -OCH3 is 1. The first-order valence-corrected chi connectivity index (χ1v) is 15.6. The number of hydrogen-bond donors (Lipinski definition) is 1. The fraction of sp³-hybridized carbons (Fsp3) is 0.375. The molecule has 3 aromatic rings. The summed E-state index contributed by atoms with van der Waals surface area (Å²) in [6, 6.07) is 16.3. The van der Waals surface area contributed by atoms with Crippen molar-refractivity contribution in [2.24, 2.45) is 0 Å². The van der Waals surface area contributed by atoms with Gasteiger partial charge in [0.25, 0.3) is 15.7 Å². The fourth-order valence-corrected chi connectivity index (χ4v) is 6.05. The molecule has 2 amide bonds. The second kappa shape index (κ2) is 13.9. The van der Waals surface area contributed by atoms with Gasteiger partial charge in [0.05, 0.1) is 22.6 Å². The van der Waals surface area contributed by atoms with Crippen LogP contribution in [-0.4, -0.2) is 55.3 Å². The number of hydrogen-bond acceptors (Lipinski definition) is 7. The molecule has 0 spiro atoms. The molecule has 3 rings (SSSR count). The van der Waals surface area contributed by atoms with Crippen LogP contribution in [0.1, 0.15) is 50.8 Å². The van der Waals surface area contributed by atoms with Gasteiger partial charge in [-0.05, 0) is 76.9 Å². The summed E-state index contributed by atoms with van der Waals surface area (Å²) < 4.78 is 34.3.